The first kappa shape index (κ1) is 24.1. The molecule has 4 heteroatoms. The van der Waals surface area contributed by atoms with Crippen LogP contribution >= 0.6 is 0 Å². The highest BCUT2D eigenvalue weighted by Gasteiger charge is 2.25. The maximum absolute atomic E-state index is 12.7. The van der Waals surface area contributed by atoms with Crippen molar-refractivity contribution in [3.63, 3.8) is 0 Å². The molecule has 0 aliphatic carbocycles. The van der Waals surface area contributed by atoms with Crippen molar-refractivity contribution in [1.29, 1.82) is 0 Å². The number of ketones is 1. The van der Waals surface area contributed by atoms with Gasteiger partial charge in [-0.25, -0.2) is 0 Å². The molecule has 32 heavy (non-hydrogen) atoms. The summed E-state index contributed by atoms with van der Waals surface area (Å²) in [6.07, 6.45) is 1.96. The number of H-pyrrole nitrogens is 1. The zero-order valence-electron chi connectivity index (χ0n) is 20.5. The molecule has 2 aromatic carbocycles. The summed E-state index contributed by atoms with van der Waals surface area (Å²) in [6, 6.07) is 16.1. The number of nitrogens with one attached hydrogen (secondary N) is 1. The highest BCUT2D eigenvalue weighted by Crippen LogP contribution is 2.31. The summed E-state index contributed by atoms with van der Waals surface area (Å²) in [6.45, 7) is 14.9. The molecule has 4 nitrogen and oxygen atoms in total. The molecule has 0 fully saturated rings. The van der Waals surface area contributed by atoms with Crippen molar-refractivity contribution in [3.05, 3.63) is 54.1 Å². The van der Waals surface area contributed by atoms with Gasteiger partial charge >= 0.3 is 0 Å². The predicted octanol–water partition coefficient (Wildman–Crippen LogP) is 7.43. The van der Waals surface area contributed by atoms with Crippen LogP contribution in [0.4, 0.5) is 0 Å². The lowest BCUT2D eigenvalue weighted by Gasteiger charge is -2.30. The molecule has 1 N–H and O–H groups in total. The molecule has 172 valence electrons. The molecule has 0 bridgehead atoms. The number of hydrogen-bond donors (Lipinski definition) is 1. The van der Waals surface area contributed by atoms with Gasteiger partial charge < -0.3 is 14.5 Å². The number of hydrogen-bond acceptors (Lipinski definition) is 3. The Morgan fingerprint density at radius 3 is 2.44 bits per heavy atom. The maximum Gasteiger partial charge on any atom is 0.168 e. The van der Waals surface area contributed by atoms with Crippen molar-refractivity contribution in [2.24, 2.45) is 5.41 Å². The minimum Gasteiger partial charge on any atom is -0.487 e. The number of aromatic nitrogens is 1. The number of carbonyl (C=O) groups excluding carboxylic acids is 1. The monoisotopic (exact) mass is 435 g/mol. The van der Waals surface area contributed by atoms with Crippen LogP contribution in [0.1, 0.15) is 71.7 Å². The highest BCUT2D eigenvalue weighted by molar-refractivity contribution is 6.03. The van der Waals surface area contributed by atoms with Gasteiger partial charge in [0, 0.05) is 39.6 Å². The highest BCUT2D eigenvalue weighted by atomic mass is 16.5. The van der Waals surface area contributed by atoms with Crippen molar-refractivity contribution >= 4 is 16.7 Å². The third-order valence-corrected chi connectivity index (χ3v) is 5.90. The second-order valence-electron chi connectivity index (χ2n) is 10.2. The Morgan fingerprint density at radius 2 is 1.78 bits per heavy atom. The van der Waals surface area contributed by atoms with E-state index in [0.717, 1.165) is 46.3 Å². The molecule has 0 saturated heterocycles. The Labute approximate surface area is 192 Å². The second kappa shape index (κ2) is 9.50. The molecule has 1 heterocycles. The van der Waals surface area contributed by atoms with Gasteiger partial charge in [0.15, 0.2) is 5.78 Å². The fourth-order valence-electron chi connectivity index (χ4n) is 3.68. The smallest absolute Gasteiger partial charge is 0.168 e. The summed E-state index contributed by atoms with van der Waals surface area (Å²) in [7, 11) is 0. The van der Waals surface area contributed by atoms with E-state index in [2.05, 4.69) is 50.9 Å². The first-order valence-corrected chi connectivity index (χ1v) is 11.6. The summed E-state index contributed by atoms with van der Waals surface area (Å²) in [5.41, 5.74) is 3.14. The van der Waals surface area contributed by atoms with Crippen LogP contribution in [-0.4, -0.2) is 29.1 Å². The van der Waals surface area contributed by atoms with Crippen molar-refractivity contribution in [2.75, 3.05) is 6.61 Å². The number of fused-ring (bicyclic) bond motifs is 1. The second-order valence-corrected chi connectivity index (χ2v) is 10.2. The van der Waals surface area contributed by atoms with Gasteiger partial charge in [0.05, 0.1) is 12.7 Å². The normalized spacial score (nSPS) is 14.0. The van der Waals surface area contributed by atoms with E-state index in [9.17, 15) is 4.79 Å². The van der Waals surface area contributed by atoms with Crippen LogP contribution in [0.25, 0.3) is 22.2 Å². The topological polar surface area (TPSA) is 51.3 Å². The Bertz CT molecular complexity index is 1070. The molecule has 0 amide bonds. The molecule has 0 radical (unpaired) electrons. The number of benzene rings is 2. The third kappa shape index (κ3) is 5.80. The Hall–Kier alpha value is -2.59. The summed E-state index contributed by atoms with van der Waals surface area (Å²) >= 11 is 0. The van der Waals surface area contributed by atoms with Gasteiger partial charge in [0.2, 0.25) is 0 Å². The molecule has 1 unspecified atom stereocenters. The maximum atomic E-state index is 12.7. The summed E-state index contributed by atoms with van der Waals surface area (Å²) in [4.78, 5) is 16.1. The molecule has 0 saturated carbocycles. The van der Waals surface area contributed by atoms with Crippen molar-refractivity contribution in [3.8, 4) is 17.0 Å². The molecule has 3 rings (SSSR count). The van der Waals surface area contributed by atoms with Crippen molar-refractivity contribution in [1.82, 2.24) is 4.98 Å². The average Bonchev–Trinajstić information content (AvgIpc) is 3.16. The molecule has 0 aliphatic heterocycles. The van der Waals surface area contributed by atoms with Gasteiger partial charge in [0.25, 0.3) is 0 Å². The Morgan fingerprint density at radius 1 is 1.03 bits per heavy atom. The average molecular weight is 436 g/mol. The molecular weight excluding hydrogens is 398 g/mol. The van der Waals surface area contributed by atoms with Crippen LogP contribution in [0, 0.1) is 5.41 Å². The van der Waals surface area contributed by atoms with Gasteiger partial charge in [-0.2, -0.15) is 0 Å². The van der Waals surface area contributed by atoms with Crippen LogP contribution in [0.3, 0.4) is 0 Å². The van der Waals surface area contributed by atoms with Crippen molar-refractivity contribution < 1.29 is 14.3 Å². The number of carbonyl (C=O) groups is 1. The number of ether oxygens (including phenoxy) is 2. The molecular formula is C28H37NO3. The first-order valence-electron chi connectivity index (χ1n) is 11.6. The first-order chi connectivity index (χ1) is 15.0. The SMILES string of the molecule is CCC(C)(CCOC(C)C)Oc1cccc(-c2cc3cc(C(=O)C(C)(C)C)ccc3[nH]2)c1. The van der Waals surface area contributed by atoms with E-state index >= 15 is 0 Å². The van der Waals surface area contributed by atoms with Crippen LogP contribution in [0.5, 0.6) is 5.75 Å². The van der Waals surface area contributed by atoms with E-state index in [-0.39, 0.29) is 17.5 Å². The Balaban J connectivity index is 1.83. The predicted molar refractivity (Wildman–Crippen MR) is 133 cm³/mol. The molecule has 1 atom stereocenters. The van der Waals surface area contributed by atoms with E-state index in [1.807, 2.05) is 51.1 Å². The molecule has 1 aromatic heterocycles. The van der Waals surface area contributed by atoms with Gasteiger partial charge in [-0.1, -0.05) is 39.8 Å². The van der Waals surface area contributed by atoms with Crippen LogP contribution in [0.15, 0.2) is 48.5 Å². The van der Waals surface area contributed by atoms with E-state index in [0.29, 0.717) is 6.61 Å². The van der Waals surface area contributed by atoms with Gasteiger partial charge in [-0.3, -0.25) is 4.79 Å². The van der Waals surface area contributed by atoms with E-state index < -0.39 is 5.41 Å². The third-order valence-electron chi connectivity index (χ3n) is 5.90. The van der Waals surface area contributed by atoms with Crippen LogP contribution in [-0.2, 0) is 4.74 Å². The number of rotatable bonds is 9. The van der Waals surface area contributed by atoms with E-state index in [1.165, 1.54) is 0 Å². The van der Waals surface area contributed by atoms with Crippen LogP contribution < -0.4 is 4.74 Å². The van der Waals surface area contributed by atoms with Gasteiger partial charge in [-0.05, 0) is 63.6 Å². The Kier molecular flexibility index (Phi) is 7.14. The number of aromatic amines is 1. The molecule has 3 aromatic rings. The quantitative estimate of drug-likeness (QED) is 0.356. The lowest BCUT2D eigenvalue weighted by molar-refractivity contribution is 0.0119. The zero-order valence-corrected chi connectivity index (χ0v) is 20.5. The minimum absolute atomic E-state index is 0.151. The summed E-state index contributed by atoms with van der Waals surface area (Å²) < 4.78 is 12.2. The lowest BCUT2D eigenvalue weighted by atomic mass is 9.86. The minimum atomic E-state index is -0.398. The van der Waals surface area contributed by atoms with Gasteiger partial charge in [0.1, 0.15) is 11.4 Å². The van der Waals surface area contributed by atoms with Crippen LogP contribution in [0.2, 0.25) is 0 Å². The van der Waals surface area contributed by atoms with E-state index in [4.69, 9.17) is 9.47 Å². The number of Topliss-reactive ketones (excluding diaryl/α,β-unsaturated/α-hetero) is 1. The van der Waals surface area contributed by atoms with Gasteiger partial charge in [-0.15, -0.1) is 0 Å². The van der Waals surface area contributed by atoms with Crippen molar-refractivity contribution in [2.45, 2.75) is 73.0 Å². The molecule has 0 aliphatic rings. The van der Waals surface area contributed by atoms with E-state index in [1.54, 1.807) is 0 Å². The zero-order chi connectivity index (χ0) is 23.5. The largest absolute Gasteiger partial charge is 0.487 e. The molecule has 0 spiro atoms. The standard InChI is InChI=1S/C28H37NO3/c1-8-28(7,14-15-31-19(2)3)32-23-11-9-10-20(17-23)25-18-22-16-21(12-13-24(22)29-25)26(30)27(4,5)6/h9-13,16-19,29H,8,14-15H2,1-7H3. The summed E-state index contributed by atoms with van der Waals surface area (Å²) in [5, 5.41) is 1.03. The fourth-order valence-corrected chi connectivity index (χ4v) is 3.68. The fraction of sp³-hybridized carbons (Fsp3) is 0.464. The summed E-state index contributed by atoms with van der Waals surface area (Å²) in [5.74, 6) is 0.997. The lowest BCUT2D eigenvalue weighted by Crippen LogP contribution is -2.33.